The van der Waals surface area contributed by atoms with Gasteiger partial charge in [-0.25, -0.2) is 0 Å². The molecular formula is C13H12Cl2N2S. The first-order valence-electron chi connectivity index (χ1n) is 5.38. The Labute approximate surface area is 121 Å². The van der Waals surface area contributed by atoms with Crippen molar-refractivity contribution in [2.45, 2.75) is 12.4 Å². The first-order chi connectivity index (χ1) is 8.29. The molecular weight excluding hydrogens is 287 g/mol. The molecule has 0 unspecified atom stereocenters. The summed E-state index contributed by atoms with van der Waals surface area (Å²) in [6.45, 7) is 0.786. The van der Waals surface area contributed by atoms with E-state index in [1.807, 2.05) is 29.6 Å². The monoisotopic (exact) mass is 298 g/mol. The van der Waals surface area contributed by atoms with Crippen molar-refractivity contribution in [1.82, 2.24) is 0 Å². The van der Waals surface area contributed by atoms with E-state index in [0.29, 0.717) is 11.6 Å². The smallest absolute Gasteiger partial charge is 0.0717 e. The average molecular weight is 299 g/mol. The Balaban J connectivity index is 0.00000120. The summed E-state index contributed by atoms with van der Waals surface area (Å²) in [5, 5.41) is 13.7. The molecule has 2 nitrogen and oxygen atoms in total. The van der Waals surface area contributed by atoms with E-state index >= 15 is 0 Å². The molecule has 0 saturated heterocycles. The molecule has 1 aromatic carbocycles. The van der Waals surface area contributed by atoms with Crippen molar-refractivity contribution in [1.29, 1.82) is 5.41 Å². The van der Waals surface area contributed by atoms with Crippen LogP contribution in [0.5, 0.6) is 0 Å². The van der Waals surface area contributed by atoms with E-state index in [1.54, 1.807) is 11.3 Å². The highest BCUT2D eigenvalue weighted by Crippen LogP contribution is 2.30. The molecule has 2 heterocycles. The van der Waals surface area contributed by atoms with Crippen molar-refractivity contribution in [3.05, 3.63) is 51.2 Å². The molecule has 0 atom stereocenters. The predicted octanol–water partition coefficient (Wildman–Crippen LogP) is 4.25. The predicted molar refractivity (Wildman–Crippen MR) is 80.8 cm³/mol. The van der Waals surface area contributed by atoms with Gasteiger partial charge in [0.25, 0.3) is 0 Å². The Bertz CT molecular complexity index is 592. The highest BCUT2D eigenvalue weighted by atomic mass is 35.5. The maximum Gasteiger partial charge on any atom is 0.0717 e. The summed E-state index contributed by atoms with van der Waals surface area (Å²) in [6, 6.07) is 8.02. The van der Waals surface area contributed by atoms with Gasteiger partial charge in [-0.1, -0.05) is 12.1 Å². The van der Waals surface area contributed by atoms with E-state index in [2.05, 4.69) is 5.32 Å². The fraction of sp³-hybridized carbons (Fsp3) is 0.154. The van der Waals surface area contributed by atoms with Gasteiger partial charge in [0.2, 0.25) is 0 Å². The first-order valence-corrected chi connectivity index (χ1v) is 6.79. The van der Waals surface area contributed by atoms with Crippen molar-refractivity contribution in [3.8, 4) is 0 Å². The van der Waals surface area contributed by atoms with Crippen LogP contribution in [0.25, 0.3) is 0 Å². The summed E-state index contributed by atoms with van der Waals surface area (Å²) in [5.74, 6) is 0.504. The fourth-order valence-corrected chi connectivity index (χ4v) is 3.05. The lowest BCUT2D eigenvalue weighted by molar-refractivity contribution is 1.19. The van der Waals surface area contributed by atoms with Crippen LogP contribution in [0.15, 0.2) is 29.6 Å². The van der Waals surface area contributed by atoms with Crippen LogP contribution < -0.4 is 5.32 Å². The number of anilines is 1. The number of nitrogens with one attached hydrogen (secondary N) is 2. The van der Waals surface area contributed by atoms with Gasteiger partial charge in [0.15, 0.2) is 0 Å². The molecule has 0 radical (unpaired) electrons. The quantitative estimate of drug-likeness (QED) is 0.759. The maximum absolute atomic E-state index is 8.27. The zero-order valence-corrected chi connectivity index (χ0v) is 11.9. The normalized spacial score (nSPS) is 12.8. The molecule has 0 fully saturated rings. The molecule has 1 aromatic heterocycles. The average Bonchev–Trinajstić information content (AvgIpc) is 2.79. The molecule has 0 saturated carbocycles. The van der Waals surface area contributed by atoms with Gasteiger partial charge in [-0.3, -0.25) is 5.41 Å². The zero-order chi connectivity index (χ0) is 11.8. The van der Waals surface area contributed by atoms with Gasteiger partial charge in [0.05, 0.1) is 12.3 Å². The molecule has 5 heteroatoms. The van der Waals surface area contributed by atoms with Crippen molar-refractivity contribution in [2.24, 2.45) is 0 Å². The van der Waals surface area contributed by atoms with Crippen LogP contribution in [0.2, 0.25) is 0 Å². The Kier molecular flexibility index (Phi) is 3.95. The molecule has 0 aliphatic carbocycles. The Morgan fingerprint density at radius 1 is 1.28 bits per heavy atom. The number of hydrogen-bond acceptors (Lipinski definition) is 3. The summed E-state index contributed by atoms with van der Waals surface area (Å²) in [5.41, 5.74) is 4.69. The molecule has 18 heavy (non-hydrogen) atoms. The van der Waals surface area contributed by atoms with Crippen LogP contribution in [-0.4, -0.2) is 5.71 Å². The van der Waals surface area contributed by atoms with E-state index in [-0.39, 0.29) is 12.4 Å². The van der Waals surface area contributed by atoms with E-state index in [4.69, 9.17) is 17.0 Å². The fourth-order valence-electron chi connectivity index (χ4n) is 2.06. The van der Waals surface area contributed by atoms with Crippen molar-refractivity contribution < 1.29 is 0 Å². The second-order valence-corrected chi connectivity index (χ2v) is 5.27. The summed E-state index contributed by atoms with van der Waals surface area (Å²) >= 11 is 7.53. The van der Waals surface area contributed by atoms with Gasteiger partial charge < -0.3 is 5.32 Å². The molecule has 2 N–H and O–H groups in total. The Morgan fingerprint density at radius 2 is 2.11 bits per heavy atom. The minimum Gasteiger partial charge on any atom is -0.380 e. The summed E-state index contributed by atoms with van der Waals surface area (Å²) in [7, 11) is 0. The van der Waals surface area contributed by atoms with Gasteiger partial charge in [0.1, 0.15) is 0 Å². The van der Waals surface area contributed by atoms with Crippen molar-refractivity contribution in [2.75, 3.05) is 5.32 Å². The first kappa shape index (κ1) is 13.4. The number of thiophene rings is 1. The van der Waals surface area contributed by atoms with Crippen molar-refractivity contribution >= 4 is 46.7 Å². The highest BCUT2D eigenvalue weighted by molar-refractivity contribution is 7.10. The van der Waals surface area contributed by atoms with Crippen LogP contribution in [0.3, 0.4) is 0 Å². The van der Waals surface area contributed by atoms with Crippen molar-refractivity contribution in [3.63, 3.8) is 0 Å². The topological polar surface area (TPSA) is 35.9 Å². The molecule has 0 amide bonds. The number of rotatable bonds is 1. The highest BCUT2D eigenvalue weighted by Gasteiger charge is 2.18. The Hall–Kier alpha value is -1.03. The summed E-state index contributed by atoms with van der Waals surface area (Å²) < 4.78 is 0. The number of benzene rings is 1. The summed E-state index contributed by atoms with van der Waals surface area (Å²) in [6.07, 6.45) is 0. The molecule has 2 aromatic rings. The van der Waals surface area contributed by atoms with Gasteiger partial charge in [-0.2, -0.15) is 0 Å². The number of halogens is 2. The van der Waals surface area contributed by atoms with E-state index in [0.717, 1.165) is 28.9 Å². The second kappa shape index (κ2) is 5.31. The standard InChI is InChI=1S/C13H11ClN2S.ClH/c14-6-8-1-2-9-11(5-8)16-7-12-10(13(9)15)3-4-17-12;/h1-5,15-16H,6-7H2;1H. The molecule has 94 valence electrons. The largest absolute Gasteiger partial charge is 0.380 e. The van der Waals surface area contributed by atoms with E-state index in [1.165, 1.54) is 4.88 Å². The summed E-state index contributed by atoms with van der Waals surface area (Å²) in [4.78, 5) is 1.22. The third-order valence-corrected chi connectivity index (χ3v) is 4.19. The second-order valence-electron chi connectivity index (χ2n) is 4.00. The minimum absolute atomic E-state index is 0. The lowest BCUT2D eigenvalue weighted by atomic mass is 10.0. The molecule has 0 bridgehead atoms. The van der Waals surface area contributed by atoms with Crippen LogP contribution in [-0.2, 0) is 12.4 Å². The third-order valence-electron chi connectivity index (χ3n) is 2.96. The van der Waals surface area contributed by atoms with E-state index < -0.39 is 0 Å². The van der Waals surface area contributed by atoms with Gasteiger partial charge >= 0.3 is 0 Å². The Morgan fingerprint density at radius 3 is 2.89 bits per heavy atom. The van der Waals surface area contributed by atoms with Crippen LogP contribution in [0.4, 0.5) is 5.69 Å². The molecule has 3 rings (SSSR count). The third kappa shape index (κ3) is 2.14. The van der Waals surface area contributed by atoms with Gasteiger partial charge in [-0.15, -0.1) is 35.3 Å². The number of fused-ring (bicyclic) bond motifs is 2. The zero-order valence-electron chi connectivity index (χ0n) is 9.50. The maximum atomic E-state index is 8.27. The lowest BCUT2D eigenvalue weighted by Gasteiger charge is -2.09. The van der Waals surface area contributed by atoms with Gasteiger partial charge in [0, 0.05) is 27.6 Å². The van der Waals surface area contributed by atoms with Gasteiger partial charge in [-0.05, 0) is 23.1 Å². The van der Waals surface area contributed by atoms with Crippen LogP contribution in [0.1, 0.15) is 21.6 Å². The SMILES string of the molecule is Cl.N=C1c2ccc(CCl)cc2NCc2sccc21. The minimum atomic E-state index is 0. The lowest BCUT2D eigenvalue weighted by Crippen LogP contribution is -2.02. The number of hydrogen-bond donors (Lipinski definition) is 2. The number of alkyl halides is 1. The molecule has 0 spiro atoms. The molecule has 1 aliphatic heterocycles. The van der Waals surface area contributed by atoms with Crippen LogP contribution >= 0.6 is 35.3 Å². The molecule has 1 aliphatic rings. The van der Waals surface area contributed by atoms with E-state index in [9.17, 15) is 0 Å². The van der Waals surface area contributed by atoms with Crippen LogP contribution in [0, 0.1) is 5.41 Å².